The summed E-state index contributed by atoms with van der Waals surface area (Å²) in [6.07, 6.45) is 4.69. The molecule has 0 amide bonds. The molecule has 1 aliphatic heterocycles. The Kier molecular flexibility index (Phi) is 7.25. The Morgan fingerprint density at radius 2 is 1.32 bits per heavy atom. The van der Waals surface area contributed by atoms with Crippen LogP contribution in [0.5, 0.6) is 0 Å². The van der Waals surface area contributed by atoms with Crippen molar-refractivity contribution in [3.05, 3.63) is 78.8 Å². The fraction of sp³-hybridized carbons (Fsp3) is 0.227. The first-order valence-corrected chi connectivity index (χ1v) is 10.5. The summed E-state index contributed by atoms with van der Waals surface area (Å²) in [5, 5.41) is 2.17. The Balaban J connectivity index is 2.00. The lowest BCUT2D eigenvalue weighted by molar-refractivity contribution is -0.113. The van der Waals surface area contributed by atoms with Gasteiger partial charge in [0.2, 0.25) is 0 Å². The number of carbonyl (C=O) groups excluding carboxylic acids is 1. The summed E-state index contributed by atoms with van der Waals surface area (Å²) < 4.78 is 0. The van der Waals surface area contributed by atoms with Crippen LogP contribution >= 0.6 is 46.4 Å². The Morgan fingerprint density at radius 1 is 0.857 bits per heavy atom. The molecular formula is C22H19Cl4NO. The molecule has 0 N–H and O–H groups in total. The third kappa shape index (κ3) is 5.20. The molecule has 0 saturated carbocycles. The highest BCUT2D eigenvalue weighted by Crippen LogP contribution is 2.28. The van der Waals surface area contributed by atoms with Gasteiger partial charge in [0, 0.05) is 44.3 Å². The Labute approximate surface area is 185 Å². The van der Waals surface area contributed by atoms with Crippen LogP contribution in [0.4, 0.5) is 0 Å². The number of Topliss-reactive ketones (excluding diaryl/α,β-unsaturated/α-hetero) is 1. The summed E-state index contributed by atoms with van der Waals surface area (Å²) >= 11 is 24.6. The first-order chi connectivity index (χ1) is 13.4. The van der Waals surface area contributed by atoms with Crippen molar-refractivity contribution in [1.82, 2.24) is 4.90 Å². The van der Waals surface area contributed by atoms with E-state index >= 15 is 0 Å². The number of likely N-dealkylation sites (tertiary alicyclic amines) is 1. The van der Waals surface area contributed by atoms with E-state index in [2.05, 4.69) is 11.8 Å². The van der Waals surface area contributed by atoms with Crippen LogP contribution in [0.3, 0.4) is 0 Å². The van der Waals surface area contributed by atoms with E-state index in [-0.39, 0.29) is 5.78 Å². The molecule has 1 aliphatic rings. The second-order valence-corrected chi connectivity index (χ2v) is 8.40. The summed E-state index contributed by atoms with van der Waals surface area (Å²) in [5.41, 5.74) is 2.94. The number of hydrogen-bond donors (Lipinski definition) is 0. The van der Waals surface area contributed by atoms with Crippen molar-refractivity contribution in [2.24, 2.45) is 0 Å². The van der Waals surface area contributed by atoms with Gasteiger partial charge < -0.3 is 0 Å². The highest BCUT2D eigenvalue weighted by atomic mass is 35.5. The highest BCUT2D eigenvalue weighted by Gasteiger charge is 2.26. The number of benzene rings is 2. The first-order valence-electron chi connectivity index (χ1n) is 8.95. The quantitative estimate of drug-likeness (QED) is 0.460. The maximum absolute atomic E-state index is 13.1. The average molecular weight is 455 g/mol. The zero-order chi connectivity index (χ0) is 20.3. The Morgan fingerprint density at radius 3 is 1.71 bits per heavy atom. The molecule has 0 aromatic heterocycles. The fourth-order valence-electron chi connectivity index (χ4n) is 3.20. The van der Waals surface area contributed by atoms with Gasteiger partial charge in [-0.2, -0.15) is 0 Å². The second kappa shape index (κ2) is 9.47. The molecule has 0 radical (unpaired) electrons. The standard InChI is InChI=1S/C22H19Cl4NO/c1-2-7-27-12-16(8-14-3-5-18(23)10-20(14)25)22(28)17(13-27)9-15-4-6-19(24)11-21(15)26/h3-6,8-11H,2,7,12-13H2,1H3/b16-8+,17-9+. The minimum atomic E-state index is 0.00406. The molecule has 0 spiro atoms. The minimum absolute atomic E-state index is 0.00406. The van der Waals surface area contributed by atoms with E-state index in [0.717, 1.165) is 24.1 Å². The zero-order valence-electron chi connectivity index (χ0n) is 15.3. The molecule has 3 rings (SSSR count). The number of nitrogens with zero attached hydrogens (tertiary/aromatic N) is 1. The van der Waals surface area contributed by atoms with Gasteiger partial charge in [-0.3, -0.25) is 9.69 Å². The maximum atomic E-state index is 13.1. The van der Waals surface area contributed by atoms with E-state index in [9.17, 15) is 4.79 Å². The first kappa shape index (κ1) is 21.4. The highest BCUT2D eigenvalue weighted by molar-refractivity contribution is 6.36. The van der Waals surface area contributed by atoms with Gasteiger partial charge in [0.25, 0.3) is 0 Å². The molecule has 0 bridgehead atoms. The minimum Gasteiger partial charge on any atom is -0.295 e. The molecule has 6 heteroatoms. The van der Waals surface area contributed by atoms with Crippen molar-refractivity contribution in [3.63, 3.8) is 0 Å². The molecule has 0 atom stereocenters. The molecule has 1 fully saturated rings. The number of carbonyl (C=O) groups is 1. The predicted octanol–water partition coefficient (Wildman–Crippen LogP) is 7.06. The van der Waals surface area contributed by atoms with E-state index < -0.39 is 0 Å². The van der Waals surface area contributed by atoms with E-state index in [4.69, 9.17) is 46.4 Å². The predicted molar refractivity (Wildman–Crippen MR) is 121 cm³/mol. The van der Waals surface area contributed by atoms with E-state index in [1.165, 1.54) is 0 Å². The van der Waals surface area contributed by atoms with Crippen LogP contribution in [-0.4, -0.2) is 30.3 Å². The number of halogens is 4. The molecule has 2 nitrogen and oxygen atoms in total. The van der Waals surface area contributed by atoms with Crippen molar-refractivity contribution in [2.75, 3.05) is 19.6 Å². The van der Waals surface area contributed by atoms with Crippen LogP contribution in [0.25, 0.3) is 12.2 Å². The van der Waals surface area contributed by atoms with Gasteiger partial charge in [-0.05, 0) is 60.5 Å². The van der Waals surface area contributed by atoms with Crippen LogP contribution in [0.2, 0.25) is 20.1 Å². The molecule has 2 aromatic carbocycles. The van der Waals surface area contributed by atoms with Crippen molar-refractivity contribution in [2.45, 2.75) is 13.3 Å². The van der Waals surface area contributed by atoms with E-state index in [1.54, 1.807) is 24.3 Å². The molecule has 28 heavy (non-hydrogen) atoms. The number of hydrogen-bond acceptors (Lipinski definition) is 2. The SMILES string of the molecule is CCCN1C/C(=C\c2ccc(Cl)cc2Cl)C(=O)/C(=C/c2ccc(Cl)cc2Cl)C1. The lowest BCUT2D eigenvalue weighted by atomic mass is 9.94. The summed E-state index contributed by atoms with van der Waals surface area (Å²) in [5.74, 6) is 0.00406. The Hall–Kier alpha value is -1.29. The molecule has 1 saturated heterocycles. The molecule has 0 aliphatic carbocycles. The van der Waals surface area contributed by atoms with Gasteiger partial charge >= 0.3 is 0 Å². The van der Waals surface area contributed by atoms with Crippen LogP contribution < -0.4 is 0 Å². The second-order valence-electron chi connectivity index (χ2n) is 6.71. The summed E-state index contributed by atoms with van der Waals surface area (Å²) in [7, 11) is 0. The summed E-state index contributed by atoms with van der Waals surface area (Å²) in [6.45, 7) is 4.18. The largest absolute Gasteiger partial charge is 0.295 e. The smallest absolute Gasteiger partial charge is 0.187 e. The van der Waals surface area contributed by atoms with Gasteiger partial charge in [0.1, 0.15) is 0 Å². The number of ketones is 1. The maximum Gasteiger partial charge on any atom is 0.187 e. The molecule has 0 unspecified atom stereocenters. The topological polar surface area (TPSA) is 20.3 Å². The lowest BCUT2D eigenvalue weighted by Gasteiger charge is -2.29. The number of piperidine rings is 1. The summed E-state index contributed by atoms with van der Waals surface area (Å²) in [4.78, 5) is 15.4. The van der Waals surface area contributed by atoms with Crippen LogP contribution in [0.1, 0.15) is 24.5 Å². The number of rotatable bonds is 4. The van der Waals surface area contributed by atoms with Crippen LogP contribution in [-0.2, 0) is 4.79 Å². The third-order valence-corrected chi connectivity index (χ3v) is 5.62. The van der Waals surface area contributed by atoms with Crippen molar-refractivity contribution < 1.29 is 4.79 Å². The molecule has 146 valence electrons. The fourth-order valence-corrected chi connectivity index (χ4v) is 4.12. The molecule has 1 heterocycles. The van der Waals surface area contributed by atoms with Gasteiger partial charge in [0.05, 0.1) is 0 Å². The van der Waals surface area contributed by atoms with Crippen molar-refractivity contribution in [3.8, 4) is 0 Å². The van der Waals surface area contributed by atoms with Crippen LogP contribution in [0.15, 0.2) is 47.5 Å². The molecular weight excluding hydrogens is 436 g/mol. The van der Waals surface area contributed by atoms with Gasteiger partial charge in [0.15, 0.2) is 5.78 Å². The van der Waals surface area contributed by atoms with Crippen molar-refractivity contribution >= 4 is 64.3 Å². The van der Waals surface area contributed by atoms with Gasteiger partial charge in [-0.15, -0.1) is 0 Å². The van der Waals surface area contributed by atoms with Gasteiger partial charge in [-0.1, -0.05) is 65.5 Å². The van der Waals surface area contributed by atoms with Crippen molar-refractivity contribution in [1.29, 1.82) is 0 Å². The lowest BCUT2D eigenvalue weighted by Crippen LogP contribution is -2.38. The van der Waals surface area contributed by atoms with Gasteiger partial charge in [-0.25, -0.2) is 0 Å². The zero-order valence-corrected chi connectivity index (χ0v) is 18.3. The third-order valence-electron chi connectivity index (χ3n) is 4.50. The average Bonchev–Trinajstić information content (AvgIpc) is 2.63. The van der Waals surface area contributed by atoms with E-state index in [0.29, 0.717) is 44.3 Å². The normalized spacial score (nSPS) is 18.2. The molecule has 2 aromatic rings. The van der Waals surface area contributed by atoms with Crippen LogP contribution in [0, 0.1) is 0 Å². The monoisotopic (exact) mass is 453 g/mol. The Bertz CT molecular complexity index is 892. The van der Waals surface area contributed by atoms with E-state index in [1.807, 2.05) is 24.3 Å². The summed E-state index contributed by atoms with van der Waals surface area (Å²) in [6, 6.07) is 10.5.